The fraction of sp³-hybridized carbons (Fsp3) is 0.350. The number of nitrogens with zero attached hydrogens (tertiary/aromatic N) is 1. The smallest absolute Gasteiger partial charge is 0.286 e. The maximum absolute atomic E-state index is 12.6. The molecule has 1 aliphatic rings. The minimum atomic E-state index is -0.359. The lowest BCUT2D eigenvalue weighted by molar-refractivity contribution is -0.116. The van der Waals surface area contributed by atoms with Crippen molar-refractivity contribution in [1.82, 2.24) is 10.2 Å². The van der Waals surface area contributed by atoms with Crippen molar-refractivity contribution in [2.45, 2.75) is 26.2 Å². The highest BCUT2D eigenvalue weighted by Gasteiger charge is 2.22. The SMILES string of the molecule is Cc1c(NC(=O)CCNC(=O)c2ccco2)cccc1C(=O)N1CCCC1. The van der Waals surface area contributed by atoms with Crippen molar-refractivity contribution in [3.63, 3.8) is 0 Å². The largest absolute Gasteiger partial charge is 0.459 e. The first-order valence-corrected chi connectivity index (χ1v) is 9.06. The quantitative estimate of drug-likeness (QED) is 0.819. The number of benzene rings is 1. The Hall–Kier alpha value is -3.09. The number of rotatable bonds is 6. The van der Waals surface area contributed by atoms with E-state index in [4.69, 9.17) is 4.42 Å². The molecule has 2 aromatic rings. The van der Waals surface area contributed by atoms with Crippen LogP contribution < -0.4 is 10.6 Å². The molecule has 3 amide bonds. The zero-order valence-corrected chi connectivity index (χ0v) is 15.3. The first-order chi connectivity index (χ1) is 13.1. The van der Waals surface area contributed by atoms with Crippen LogP contribution in [0.3, 0.4) is 0 Å². The lowest BCUT2D eigenvalue weighted by atomic mass is 10.1. The molecule has 1 saturated heterocycles. The summed E-state index contributed by atoms with van der Waals surface area (Å²) in [5, 5.41) is 5.45. The Balaban J connectivity index is 1.55. The highest BCUT2D eigenvalue weighted by molar-refractivity contribution is 5.99. The topological polar surface area (TPSA) is 91.6 Å². The predicted octanol–water partition coefficient (Wildman–Crippen LogP) is 2.58. The molecule has 0 unspecified atom stereocenters. The number of hydrogen-bond donors (Lipinski definition) is 2. The predicted molar refractivity (Wildman–Crippen MR) is 101 cm³/mol. The van der Waals surface area contributed by atoms with Crippen molar-refractivity contribution in [3.05, 3.63) is 53.5 Å². The van der Waals surface area contributed by atoms with E-state index in [-0.39, 0.29) is 36.4 Å². The van der Waals surface area contributed by atoms with E-state index in [1.807, 2.05) is 11.8 Å². The summed E-state index contributed by atoms with van der Waals surface area (Å²) in [6.45, 7) is 3.59. The van der Waals surface area contributed by atoms with Crippen LogP contribution in [0.1, 0.15) is 45.7 Å². The average molecular weight is 369 g/mol. The highest BCUT2D eigenvalue weighted by Crippen LogP contribution is 2.22. The Kier molecular flexibility index (Phi) is 5.90. The zero-order valence-electron chi connectivity index (χ0n) is 15.3. The Morgan fingerprint density at radius 2 is 1.89 bits per heavy atom. The van der Waals surface area contributed by atoms with Gasteiger partial charge in [0.15, 0.2) is 5.76 Å². The summed E-state index contributed by atoms with van der Waals surface area (Å²) in [6, 6.07) is 8.51. The second-order valence-electron chi connectivity index (χ2n) is 6.51. The molecule has 1 fully saturated rings. The van der Waals surface area contributed by atoms with E-state index < -0.39 is 0 Å². The highest BCUT2D eigenvalue weighted by atomic mass is 16.3. The molecule has 2 N–H and O–H groups in total. The molecule has 0 spiro atoms. The van der Waals surface area contributed by atoms with Crippen molar-refractivity contribution in [2.24, 2.45) is 0 Å². The molecule has 1 aromatic carbocycles. The Labute approximate surface area is 157 Å². The van der Waals surface area contributed by atoms with Gasteiger partial charge in [-0.05, 0) is 49.6 Å². The van der Waals surface area contributed by atoms with E-state index in [0.29, 0.717) is 11.3 Å². The van der Waals surface area contributed by atoms with Crippen LogP contribution in [-0.2, 0) is 4.79 Å². The number of furan rings is 1. The van der Waals surface area contributed by atoms with Crippen LogP contribution in [-0.4, -0.2) is 42.3 Å². The molecule has 0 aliphatic carbocycles. The number of carbonyl (C=O) groups excluding carboxylic acids is 3. The number of nitrogens with one attached hydrogen (secondary N) is 2. The van der Waals surface area contributed by atoms with Crippen molar-refractivity contribution >= 4 is 23.4 Å². The van der Waals surface area contributed by atoms with Gasteiger partial charge in [0.05, 0.1) is 6.26 Å². The van der Waals surface area contributed by atoms with Crippen LogP contribution in [0, 0.1) is 6.92 Å². The summed E-state index contributed by atoms with van der Waals surface area (Å²) in [5.74, 6) is -0.378. The van der Waals surface area contributed by atoms with Crippen molar-refractivity contribution in [3.8, 4) is 0 Å². The third-order valence-electron chi connectivity index (χ3n) is 4.61. The third-order valence-corrected chi connectivity index (χ3v) is 4.61. The molecule has 1 aromatic heterocycles. The van der Waals surface area contributed by atoms with Crippen LogP contribution in [0.4, 0.5) is 5.69 Å². The molecule has 2 heterocycles. The summed E-state index contributed by atoms with van der Waals surface area (Å²) in [7, 11) is 0. The van der Waals surface area contributed by atoms with Gasteiger partial charge >= 0.3 is 0 Å². The van der Waals surface area contributed by atoms with Crippen molar-refractivity contribution in [2.75, 3.05) is 25.0 Å². The number of amides is 3. The molecular formula is C20H23N3O4. The van der Waals surface area contributed by atoms with Gasteiger partial charge in [-0.2, -0.15) is 0 Å². The molecule has 0 radical (unpaired) electrons. The van der Waals surface area contributed by atoms with E-state index in [0.717, 1.165) is 31.5 Å². The lowest BCUT2D eigenvalue weighted by Gasteiger charge is -2.18. The van der Waals surface area contributed by atoms with Crippen LogP contribution in [0.5, 0.6) is 0 Å². The fourth-order valence-electron chi connectivity index (χ4n) is 3.09. The van der Waals surface area contributed by atoms with Gasteiger partial charge in [-0.25, -0.2) is 0 Å². The Morgan fingerprint density at radius 3 is 2.59 bits per heavy atom. The van der Waals surface area contributed by atoms with Crippen molar-refractivity contribution in [1.29, 1.82) is 0 Å². The summed E-state index contributed by atoms with van der Waals surface area (Å²) in [6.07, 6.45) is 3.60. The molecule has 7 nitrogen and oxygen atoms in total. The molecular weight excluding hydrogens is 346 g/mol. The minimum Gasteiger partial charge on any atom is -0.459 e. The summed E-state index contributed by atoms with van der Waals surface area (Å²) >= 11 is 0. The summed E-state index contributed by atoms with van der Waals surface area (Å²) in [4.78, 5) is 38.4. The first kappa shape index (κ1) is 18.7. The lowest BCUT2D eigenvalue weighted by Crippen LogP contribution is -2.29. The number of likely N-dealkylation sites (tertiary alicyclic amines) is 1. The molecule has 0 saturated carbocycles. The van der Waals surface area contributed by atoms with Gasteiger partial charge in [0.2, 0.25) is 5.91 Å². The van der Waals surface area contributed by atoms with E-state index in [2.05, 4.69) is 10.6 Å². The van der Waals surface area contributed by atoms with Gasteiger partial charge in [0, 0.05) is 37.3 Å². The van der Waals surface area contributed by atoms with Gasteiger partial charge < -0.3 is 20.0 Å². The van der Waals surface area contributed by atoms with Crippen LogP contribution in [0.2, 0.25) is 0 Å². The summed E-state index contributed by atoms with van der Waals surface area (Å²) < 4.78 is 4.99. The number of anilines is 1. The molecule has 1 aliphatic heterocycles. The molecule has 27 heavy (non-hydrogen) atoms. The fourth-order valence-corrected chi connectivity index (χ4v) is 3.09. The average Bonchev–Trinajstić information content (AvgIpc) is 3.37. The minimum absolute atomic E-state index is 0.00631. The first-order valence-electron chi connectivity index (χ1n) is 9.06. The number of hydrogen-bond acceptors (Lipinski definition) is 4. The standard InChI is InChI=1S/C20H23N3O4/c1-14-15(20(26)23-11-2-3-12-23)6-4-7-16(14)22-18(24)9-10-21-19(25)17-8-5-13-27-17/h4-8,13H,2-3,9-12H2,1H3,(H,21,25)(H,22,24). The van der Waals surface area contributed by atoms with Gasteiger partial charge in [-0.15, -0.1) is 0 Å². The van der Waals surface area contributed by atoms with Crippen molar-refractivity contribution < 1.29 is 18.8 Å². The molecule has 0 bridgehead atoms. The van der Waals surface area contributed by atoms with E-state index in [1.54, 1.807) is 30.3 Å². The molecule has 0 atom stereocenters. The molecule has 7 heteroatoms. The van der Waals surface area contributed by atoms with E-state index in [1.165, 1.54) is 6.26 Å². The monoisotopic (exact) mass is 369 g/mol. The van der Waals surface area contributed by atoms with Gasteiger partial charge in [-0.1, -0.05) is 6.07 Å². The molecule has 142 valence electrons. The van der Waals surface area contributed by atoms with Gasteiger partial charge in [-0.3, -0.25) is 14.4 Å². The number of carbonyl (C=O) groups is 3. The van der Waals surface area contributed by atoms with Crippen LogP contribution in [0.15, 0.2) is 41.0 Å². The van der Waals surface area contributed by atoms with E-state index >= 15 is 0 Å². The Bertz CT molecular complexity index is 824. The summed E-state index contributed by atoms with van der Waals surface area (Å²) in [5.41, 5.74) is 1.98. The maximum Gasteiger partial charge on any atom is 0.286 e. The van der Waals surface area contributed by atoms with E-state index in [9.17, 15) is 14.4 Å². The van der Waals surface area contributed by atoms with Gasteiger partial charge in [0.1, 0.15) is 0 Å². The second-order valence-corrected chi connectivity index (χ2v) is 6.51. The Morgan fingerprint density at radius 1 is 1.11 bits per heavy atom. The zero-order chi connectivity index (χ0) is 19.2. The van der Waals surface area contributed by atoms with Crippen LogP contribution in [0.25, 0.3) is 0 Å². The normalized spacial score (nSPS) is 13.4. The van der Waals surface area contributed by atoms with Crippen LogP contribution >= 0.6 is 0 Å². The molecule has 3 rings (SSSR count). The maximum atomic E-state index is 12.6. The second kappa shape index (κ2) is 8.53. The third kappa shape index (κ3) is 4.55. The van der Waals surface area contributed by atoms with Gasteiger partial charge in [0.25, 0.3) is 11.8 Å².